The number of aromatic nitrogens is 3. The highest BCUT2D eigenvalue weighted by Crippen LogP contribution is 2.31. The van der Waals surface area contributed by atoms with E-state index in [9.17, 15) is 4.79 Å². The molecule has 32 heavy (non-hydrogen) atoms. The topological polar surface area (TPSA) is 63.5 Å². The molecule has 1 aliphatic rings. The van der Waals surface area contributed by atoms with Crippen molar-refractivity contribution in [2.45, 2.75) is 31.2 Å². The van der Waals surface area contributed by atoms with Crippen LogP contribution in [0.4, 0.5) is 11.6 Å². The van der Waals surface area contributed by atoms with Crippen molar-refractivity contribution in [1.82, 2.24) is 14.8 Å². The summed E-state index contributed by atoms with van der Waals surface area (Å²) in [5.74, 6) is 0.838. The molecule has 1 saturated heterocycles. The molecule has 8 heteroatoms. The number of carbonyl (C=O) groups is 1. The van der Waals surface area contributed by atoms with Gasteiger partial charge in [-0.3, -0.25) is 9.36 Å². The lowest BCUT2D eigenvalue weighted by molar-refractivity contribution is -0.117. The number of anilines is 2. The van der Waals surface area contributed by atoms with E-state index in [4.69, 9.17) is 4.74 Å². The van der Waals surface area contributed by atoms with Crippen LogP contribution in [0.5, 0.6) is 0 Å². The van der Waals surface area contributed by atoms with Gasteiger partial charge in [0.05, 0.1) is 24.2 Å². The molecule has 0 bridgehead atoms. The Bertz CT molecular complexity index is 1030. The van der Waals surface area contributed by atoms with Crippen LogP contribution in [-0.4, -0.2) is 58.8 Å². The number of nitrogens with zero attached hydrogens (tertiary/aromatic N) is 5. The number of morpholine rings is 1. The van der Waals surface area contributed by atoms with Crippen LogP contribution in [0.3, 0.4) is 0 Å². The van der Waals surface area contributed by atoms with Crippen molar-refractivity contribution < 1.29 is 9.53 Å². The molecule has 0 aliphatic carbocycles. The third kappa shape index (κ3) is 4.81. The molecule has 1 atom stereocenters. The Morgan fingerprint density at radius 1 is 1.09 bits per heavy atom. The maximum atomic E-state index is 13.3. The smallest absolute Gasteiger partial charge is 0.240 e. The van der Waals surface area contributed by atoms with Crippen molar-refractivity contribution in [1.29, 1.82) is 0 Å². The van der Waals surface area contributed by atoms with E-state index in [2.05, 4.69) is 50.9 Å². The summed E-state index contributed by atoms with van der Waals surface area (Å²) in [6.45, 7) is 9.47. The molecule has 0 N–H and O–H groups in total. The summed E-state index contributed by atoms with van der Waals surface area (Å²) >= 11 is 1.44. The molecule has 7 nitrogen and oxygen atoms in total. The van der Waals surface area contributed by atoms with Crippen molar-refractivity contribution >= 4 is 29.3 Å². The quantitative estimate of drug-likeness (QED) is 0.507. The number of aryl methyl sites for hydroxylation is 1. The Morgan fingerprint density at radius 3 is 2.44 bits per heavy atom. The summed E-state index contributed by atoms with van der Waals surface area (Å²) in [7, 11) is 0. The average molecular weight is 452 g/mol. The van der Waals surface area contributed by atoms with Gasteiger partial charge in [-0.2, -0.15) is 0 Å². The molecule has 0 spiro atoms. The van der Waals surface area contributed by atoms with E-state index in [0.29, 0.717) is 24.9 Å². The molecule has 1 amide bonds. The van der Waals surface area contributed by atoms with Gasteiger partial charge in [-0.1, -0.05) is 47.7 Å². The first-order valence-electron chi connectivity index (χ1n) is 11.0. The first-order chi connectivity index (χ1) is 15.6. The number of rotatable bonds is 7. The van der Waals surface area contributed by atoms with Crippen LogP contribution in [0.25, 0.3) is 5.69 Å². The number of thioether (sulfide) groups is 1. The van der Waals surface area contributed by atoms with Crippen LogP contribution in [0, 0.1) is 6.92 Å². The predicted octanol–water partition coefficient (Wildman–Crippen LogP) is 3.95. The van der Waals surface area contributed by atoms with E-state index in [1.165, 1.54) is 17.3 Å². The van der Waals surface area contributed by atoms with Crippen molar-refractivity contribution in [2.75, 3.05) is 42.6 Å². The summed E-state index contributed by atoms with van der Waals surface area (Å²) < 4.78 is 7.57. The molecule has 0 radical (unpaired) electrons. The van der Waals surface area contributed by atoms with Crippen molar-refractivity contribution in [3.8, 4) is 5.69 Å². The van der Waals surface area contributed by atoms with Crippen LogP contribution in [-0.2, 0) is 9.53 Å². The standard InChI is InChI=1S/C24H29N5O2S/c1-4-28(20-8-6-5-7-9-20)22(30)19(3)32-24-26-25-23(27-14-16-31-17-15-27)29(24)21-12-10-18(2)11-13-21/h5-13,19H,4,14-17H2,1-3H3. The number of amides is 1. The number of ether oxygens (including phenoxy) is 1. The van der Waals surface area contributed by atoms with Crippen LogP contribution in [0.2, 0.25) is 0 Å². The zero-order valence-corrected chi connectivity index (χ0v) is 19.6. The van der Waals surface area contributed by atoms with E-state index in [-0.39, 0.29) is 11.2 Å². The maximum absolute atomic E-state index is 13.3. The minimum Gasteiger partial charge on any atom is -0.378 e. The lowest BCUT2D eigenvalue weighted by Gasteiger charge is -2.28. The van der Waals surface area contributed by atoms with E-state index in [1.54, 1.807) is 0 Å². The Labute approximate surface area is 193 Å². The van der Waals surface area contributed by atoms with Gasteiger partial charge in [-0.05, 0) is 45.0 Å². The Kier molecular flexibility index (Phi) is 7.12. The lowest BCUT2D eigenvalue weighted by atomic mass is 10.2. The Balaban J connectivity index is 1.63. The predicted molar refractivity (Wildman–Crippen MR) is 129 cm³/mol. The van der Waals surface area contributed by atoms with Gasteiger partial charge in [-0.15, -0.1) is 10.2 Å². The van der Waals surface area contributed by atoms with Crippen molar-refractivity contribution in [2.24, 2.45) is 0 Å². The largest absolute Gasteiger partial charge is 0.378 e. The summed E-state index contributed by atoms with van der Waals surface area (Å²) in [6.07, 6.45) is 0. The molecule has 4 rings (SSSR count). The molecule has 2 aromatic carbocycles. The number of carbonyl (C=O) groups excluding carboxylic acids is 1. The minimum absolute atomic E-state index is 0.0510. The molecule has 2 heterocycles. The van der Waals surface area contributed by atoms with Gasteiger partial charge in [0.25, 0.3) is 0 Å². The molecule has 168 valence electrons. The van der Waals surface area contributed by atoms with Crippen LogP contribution >= 0.6 is 11.8 Å². The highest BCUT2D eigenvalue weighted by molar-refractivity contribution is 8.00. The SMILES string of the molecule is CCN(C(=O)C(C)Sc1nnc(N2CCOCC2)n1-c1ccc(C)cc1)c1ccccc1. The van der Waals surface area contributed by atoms with E-state index >= 15 is 0 Å². The number of para-hydroxylation sites is 1. The van der Waals surface area contributed by atoms with E-state index in [0.717, 1.165) is 30.4 Å². The van der Waals surface area contributed by atoms with Gasteiger partial charge in [-0.25, -0.2) is 0 Å². The lowest BCUT2D eigenvalue weighted by Crippen LogP contribution is -2.38. The Hall–Kier alpha value is -2.84. The summed E-state index contributed by atoms with van der Waals surface area (Å²) in [4.78, 5) is 17.3. The maximum Gasteiger partial charge on any atom is 0.240 e. The van der Waals surface area contributed by atoms with Crippen LogP contribution in [0.15, 0.2) is 59.8 Å². The molecule has 0 saturated carbocycles. The highest BCUT2D eigenvalue weighted by atomic mass is 32.2. The normalized spacial score (nSPS) is 14.9. The second-order valence-corrected chi connectivity index (χ2v) is 9.04. The summed E-state index contributed by atoms with van der Waals surface area (Å²) in [6, 6.07) is 18.1. The fraction of sp³-hybridized carbons (Fsp3) is 0.375. The van der Waals surface area contributed by atoms with Gasteiger partial charge in [0.15, 0.2) is 5.16 Å². The number of hydrogen-bond donors (Lipinski definition) is 0. The molecule has 1 aliphatic heterocycles. The minimum atomic E-state index is -0.318. The second kappa shape index (κ2) is 10.2. The first-order valence-corrected chi connectivity index (χ1v) is 11.8. The first kappa shape index (κ1) is 22.4. The fourth-order valence-corrected chi connectivity index (χ4v) is 4.65. The fourth-order valence-electron chi connectivity index (χ4n) is 3.73. The van der Waals surface area contributed by atoms with Crippen molar-refractivity contribution in [3.63, 3.8) is 0 Å². The summed E-state index contributed by atoms with van der Waals surface area (Å²) in [5, 5.41) is 9.40. The number of benzene rings is 2. The van der Waals surface area contributed by atoms with Crippen LogP contribution < -0.4 is 9.80 Å². The van der Waals surface area contributed by atoms with Gasteiger partial charge in [0, 0.05) is 25.3 Å². The van der Waals surface area contributed by atoms with Crippen LogP contribution in [0.1, 0.15) is 19.4 Å². The number of hydrogen-bond acceptors (Lipinski definition) is 6. The highest BCUT2D eigenvalue weighted by Gasteiger charge is 2.27. The zero-order valence-electron chi connectivity index (χ0n) is 18.8. The molecular weight excluding hydrogens is 422 g/mol. The Morgan fingerprint density at radius 2 is 1.78 bits per heavy atom. The monoisotopic (exact) mass is 451 g/mol. The van der Waals surface area contributed by atoms with Gasteiger partial charge in [0.2, 0.25) is 11.9 Å². The average Bonchev–Trinajstić information content (AvgIpc) is 3.24. The second-order valence-electron chi connectivity index (χ2n) is 7.73. The molecule has 1 aromatic heterocycles. The molecule has 1 unspecified atom stereocenters. The van der Waals surface area contributed by atoms with Gasteiger partial charge in [0.1, 0.15) is 0 Å². The van der Waals surface area contributed by atoms with E-state index in [1.807, 2.05) is 49.1 Å². The molecule has 3 aromatic rings. The third-order valence-electron chi connectivity index (χ3n) is 5.48. The molecule has 1 fully saturated rings. The molecular formula is C24H29N5O2S. The zero-order chi connectivity index (χ0) is 22.5. The van der Waals surface area contributed by atoms with Crippen molar-refractivity contribution in [3.05, 3.63) is 60.2 Å². The van der Waals surface area contributed by atoms with Gasteiger partial charge < -0.3 is 14.5 Å². The third-order valence-corrected chi connectivity index (χ3v) is 6.51. The van der Waals surface area contributed by atoms with Gasteiger partial charge >= 0.3 is 0 Å². The van der Waals surface area contributed by atoms with E-state index < -0.39 is 0 Å². The summed E-state index contributed by atoms with van der Waals surface area (Å²) in [5.41, 5.74) is 3.08.